The van der Waals surface area contributed by atoms with Crippen LogP contribution in [0.25, 0.3) is 0 Å². The van der Waals surface area contributed by atoms with Crippen molar-refractivity contribution < 1.29 is 4.52 Å². The van der Waals surface area contributed by atoms with E-state index >= 15 is 0 Å². The van der Waals surface area contributed by atoms with E-state index in [4.69, 9.17) is 10.3 Å². The van der Waals surface area contributed by atoms with Crippen LogP contribution < -0.4 is 5.73 Å². The van der Waals surface area contributed by atoms with E-state index < -0.39 is 0 Å². The van der Waals surface area contributed by atoms with E-state index in [1.54, 1.807) is 0 Å². The van der Waals surface area contributed by atoms with Crippen molar-refractivity contribution in [1.82, 2.24) is 5.16 Å². The van der Waals surface area contributed by atoms with Crippen LogP contribution in [0.4, 0.5) is 0 Å². The van der Waals surface area contributed by atoms with Crippen molar-refractivity contribution in [2.45, 2.75) is 39.7 Å². The van der Waals surface area contributed by atoms with E-state index in [1.165, 1.54) is 12.0 Å². The number of aromatic nitrogens is 1. The van der Waals surface area contributed by atoms with Gasteiger partial charge in [0, 0.05) is 5.56 Å². The number of fused-ring (bicyclic) bond motifs is 1. The molecule has 0 radical (unpaired) electrons. The molecule has 0 aliphatic heterocycles. The summed E-state index contributed by atoms with van der Waals surface area (Å²) in [6.45, 7) is 5.03. The molecule has 3 heteroatoms. The molecule has 0 bridgehead atoms. The summed E-state index contributed by atoms with van der Waals surface area (Å²) in [4.78, 5) is 0. The Balaban J connectivity index is 2.36. The van der Waals surface area contributed by atoms with Gasteiger partial charge in [0.2, 0.25) is 0 Å². The molecule has 1 aromatic heterocycles. The van der Waals surface area contributed by atoms with E-state index in [0.29, 0.717) is 12.0 Å². The van der Waals surface area contributed by atoms with Gasteiger partial charge in [-0.1, -0.05) is 19.0 Å². The topological polar surface area (TPSA) is 52.0 Å². The molecule has 1 aromatic rings. The second kappa shape index (κ2) is 2.84. The largest absolute Gasteiger partial charge is 0.359 e. The van der Waals surface area contributed by atoms with Crippen molar-refractivity contribution in [3.05, 3.63) is 17.0 Å². The Morgan fingerprint density at radius 3 is 3.00 bits per heavy atom. The summed E-state index contributed by atoms with van der Waals surface area (Å²) >= 11 is 0. The summed E-state index contributed by atoms with van der Waals surface area (Å²) in [5.74, 6) is 0.878. The number of hydrogen-bond acceptors (Lipinski definition) is 3. The Kier molecular flexibility index (Phi) is 1.91. The third-order valence-electron chi connectivity index (χ3n) is 2.83. The lowest BCUT2D eigenvalue weighted by atomic mass is 9.76. The highest BCUT2D eigenvalue weighted by molar-refractivity contribution is 5.27. The Hall–Kier alpha value is -0.830. The first-order valence-corrected chi connectivity index (χ1v) is 4.79. The van der Waals surface area contributed by atoms with Crippen LogP contribution in [0.5, 0.6) is 0 Å². The van der Waals surface area contributed by atoms with Gasteiger partial charge in [-0.25, -0.2) is 0 Å². The molecule has 0 saturated carbocycles. The summed E-state index contributed by atoms with van der Waals surface area (Å²) in [5, 5.41) is 4.04. The van der Waals surface area contributed by atoms with Crippen molar-refractivity contribution in [2.24, 2.45) is 11.1 Å². The fourth-order valence-corrected chi connectivity index (χ4v) is 1.96. The lowest BCUT2D eigenvalue weighted by Gasteiger charge is -2.28. The third-order valence-corrected chi connectivity index (χ3v) is 2.83. The van der Waals surface area contributed by atoms with Gasteiger partial charge in [0.05, 0.1) is 12.2 Å². The van der Waals surface area contributed by atoms with Gasteiger partial charge in [0.25, 0.3) is 0 Å². The van der Waals surface area contributed by atoms with Gasteiger partial charge in [-0.15, -0.1) is 0 Å². The highest BCUT2D eigenvalue weighted by Gasteiger charge is 2.29. The first-order valence-electron chi connectivity index (χ1n) is 4.79. The summed E-state index contributed by atoms with van der Waals surface area (Å²) in [7, 11) is 0. The van der Waals surface area contributed by atoms with Gasteiger partial charge in [-0.3, -0.25) is 0 Å². The molecule has 0 fully saturated rings. The SMILES string of the molecule is CC1(C)CCc2noc(CN)c2C1. The molecule has 1 aliphatic carbocycles. The molecule has 72 valence electrons. The normalized spacial score (nSPS) is 19.9. The minimum atomic E-state index is 0.377. The fourth-order valence-electron chi connectivity index (χ4n) is 1.96. The number of nitrogens with two attached hydrogens (primary N) is 1. The van der Waals surface area contributed by atoms with Crippen LogP contribution >= 0.6 is 0 Å². The zero-order chi connectivity index (χ0) is 9.47. The highest BCUT2D eigenvalue weighted by atomic mass is 16.5. The molecule has 0 aromatic carbocycles. The maximum atomic E-state index is 5.57. The van der Waals surface area contributed by atoms with Crippen molar-refractivity contribution in [1.29, 1.82) is 0 Å². The van der Waals surface area contributed by atoms with Crippen LogP contribution in [-0.4, -0.2) is 5.16 Å². The van der Waals surface area contributed by atoms with Crippen molar-refractivity contribution in [2.75, 3.05) is 0 Å². The second-order valence-corrected chi connectivity index (χ2v) is 4.58. The molecule has 0 amide bonds. The smallest absolute Gasteiger partial charge is 0.153 e. The number of nitrogens with zero attached hydrogens (tertiary/aromatic N) is 1. The maximum absolute atomic E-state index is 5.57. The van der Waals surface area contributed by atoms with Crippen molar-refractivity contribution in [3.8, 4) is 0 Å². The van der Waals surface area contributed by atoms with Gasteiger partial charge >= 0.3 is 0 Å². The van der Waals surface area contributed by atoms with Crippen molar-refractivity contribution in [3.63, 3.8) is 0 Å². The summed E-state index contributed by atoms with van der Waals surface area (Å²) < 4.78 is 5.19. The number of aryl methyl sites for hydroxylation is 1. The van der Waals surface area contributed by atoms with Gasteiger partial charge in [-0.2, -0.15) is 0 Å². The number of rotatable bonds is 1. The molecule has 1 heterocycles. The molecular formula is C10H16N2O. The van der Waals surface area contributed by atoms with Crippen molar-refractivity contribution >= 4 is 0 Å². The number of hydrogen-bond donors (Lipinski definition) is 1. The van der Waals surface area contributed by atoms with Crippen LogP contribution in [0.1, 0.15) is 37.3 Å². The Labute approximate surface area is 78.3 Å². The monoisotopic (exact) mass is 180 g/mol. The Morgan fingerprint density at radius 2 is 2.31 bits per heavy atom. The van der Waals surface area contributed by atoms with E-state index in [-0.39, 0.29) is 0 Å². The first-order chi connectivity index (χ1) is 6.12. The van der Waals surface area contributed by atoms with E-state index in [2.05, 4.69) is 19.0 Å². The fraction of sp³-hybridized carbons (Fsp3) is 0.700. The molecule has 13 heavy (non-hydrogen) atoms. The quantitative estimate of drug-likeness (QED) is 0.715. The first kappa shape index (κ1) is 8.75. The lowest BCUT2D eigenvalue weighted by molar-refractivity contribution is 0.313. The summed E-state index contributed by atoms with van der Waals surface area (Å²) in [6.07, 6.45) is 3.28. The predicted octanol–water partition coefficient (Wildman–Crippen LogP) is 1.65. The third kappa shape index (κ3) is 1.48. The minimum absolute atomic E-state index is 0.377. The van der Waals surface area contributed by atoms with Gasteiger partial charge in [-0.05, 0) is 24.7 Å². The maximum Gasteiger partial charge on any atom is 0.153 e. The van der Waals surface area contributed by atoms with Crippen LogP contribution in [0.2, 0.25) is 0 Å². The Morgan fingerprint density at radius 1 is 1.54 bits per heavy atom. The van der Waals surface area contributed by atoms with Crippen LogP contribution in [0, 0.1) is 5.41 Å². The zero-order valence-corrected chi connectivity index (χ0v) is 8.26. The van der Waals surface area contributed by atoms with Gasteiger partial charge < -0.3 is 10.3 Å². The summed E-state index contributed by atoms with van der Waals surface area (Å²) in [6, 6.07) is 0. The standard InChI is InChI=1S/C10H16N2O/c1-10(2)4-3-8-7(5-10)9(6-11)13-12-8/h3-6,11H2,1-2H3. The lowest BCUT2D eigenvalue weighted by Crippen LogP contribution is -2.22. The van der Waals surface area contributed by atoms with E-state index in [1.807, 2.05) is 0 Å². The molecule has 0 atom stereocenters. The van der Waals surface area contributed by atoms with Crippen LogP contribution in [0.15, 0.2) is 4.52 Å². The average Bonchev–Trinajstić information content (AvgIpc) is 2.44. The molecule has 0 saturated heterocycles. The molecule has 2 N–H and O–H groups in total. The molecule has 1 aliphatic rings. The average molecular weight is 180 g/mol. The van der Waals surface area contributed by atoms with Gasteiger partial charge in [0.1, 0.15) is 0 Å². The van der Waals surface area contributed by atoms with E-state index in [0.717, 1.165) is 24.3 Å². The molecule has 0 unspecified atom stereocenters. The molecule has 0 spiro atoms. The van der Waals surface area contributed by atoms with Gasteiger partial charge in [0.15, 0.2) is 5.76 Å². The predicted molar refractivity (Wildman–Crippen MR) is 50.2 cm³/mol. The second-order valence-electron chi connectivity index (χ2n) is 4.58. The van der Waals surface area contributed by atoms with Crippen LogP contribution in [-0.2, 0) is 19.4 Å². The minimum Gasteiger partial charge on any atom is -0.359 e. The summed E-state index contributed by atoms with van der Waals surface area (Å²) in [5.41, 5.74) is 8.34. The molecular weight excluding hydrogens is 164 g/mol. The zero-order valence-electron chi connectivity index (χ0n) is 8.26. The van der Waals surface area contributed by atoms with E-state index in [9.17, 15) is 0 Å². The highest BCUT2D eigenvalue weighted by Crippen LogP contribution is 2.35. The van der Waals surface area contributed by atoms with Crippen LogP contribution in [0.3, 0.4) is 0 Å². The molecule has 2 rings (SSSR count). The molecule has 3 nitrogen and oxygen atoms in total. The Bertz CT molecular complexity index is 301.